The van der Waals surface area contributed by atoms with Crippen LogP contribution in [0.5, 0.6) is 11.5 Å². The van der Waals surface area contributed by atoms with Crippen LogP contribution in [0.15, 0.2) is 17.1 Å². The molecular weight excluding hydrogens is 378 g/mol. The molecule has 5 nitrogen and oxygen atoms in total. The zero-order valence-electron chi connectivity index (χ0n) is 18.6. The SMILES string of the molecule is CCOC(=O)C1CCC(C2=NC3CCCCC3c3cc(OCC)c(OC)cc32)CC1. The van der Waals surface area contributed by atoms with Crippen molar-refractivity contribution in [2.45, 2.75) is 77.2 Å². The molecule has 0 saturated heterocycles. The van der Waals surface area contributed by atoms with Crippen LogP contribution in [0.25, 0.3) is 0 Å². The minimum atomic E-state index is -0.0303. The zero-order chi connectivity index (χ0) is 21.1. The smallest absolute Gasteiger partial charge is 0.308 e. The van der Waals surface area contributed by atoms with Crippen molar-refractivity contribution in [3.63, 3.8) is 0 Å². The van der Waals surface area contributed by atoms with Crippen LogP contribution >= 0.6 is 0 Å². The Balaban J connectivity index is 1.64. The molecule has 2 saturated carbocycles. The molecule has 2 atom stereocenters. The summed E-state index contributed by atoms with van der Waals surface area (Å²) in [5.74, 6) is 2.53. The number of esters is 1. The molecule has 0 N–H and O–H groups in total. The van der Waals surface area contributed by atoms with E-state index in [1.54, 1.807) is 7.11 Å². The lowest BCUT2D eigenvalue weighted by atomic mass is 9.71. The van der Waals surface area contributed by atoms with Gasteiger partial charge >= 0.3 is 5.97 Å². The normalized spacial score (nSPS) is 28.0. The maximum atomic E-state index is 12.2. The highest BCUT2D eigenvalue weighted by Crippen LogP contribution is 2.46. The molecule has 4 rings (SSSR count). The molecule has 1 aromatic carbocycles. The van der Waals surface area contributed by atoms with Gasteiger partial charge in [-0.15, -0.1) is 0 Å². The Morgan fingerprint density at radius 3 is 2.47 bits per heavy atom. The lowest BCUT2D eigenvalue weighted by molar-refractivity contribution is -0.149. The van der Waals surface area contributed by atoms with Gasteiger partial charge in [0.25, 0.3) is 0 Å². The second-order valence-corrected chi connectivity index (χ2v) is 8.80. The predicted molar refractivity (Wildman–Crippen MR) is 118 cm³/mol. The van der Waals surface area contributed by atoms with Crippen molar-refractivity contribution in [1.29, 1.82) is 0 Å². The number of carbonyl (C=O) groups is 1. The first-order chi connectivity index (χ1) is 14.7. The number of methoxy groups -OCH3 is 1. The molecule has 3 aliphatic rings. The molecule has 1 aromatic rings. The predicted octanol–water partition coefficient (Wildman–Crippen LogP) is 5.29. The van der Waals surface area contributed by atoms with E-state index in [4.69, 9.17) is 19.2 Å². The summed E-state index contributed by atoms with van der Waals surface area (Å²) < 4.78 is 16.8. The Morgan fingerprint density at radius 2 is 1.77 bits per heavy atom. The third kappa shape index (κ3) is 4.08. The molecule has 1 heterocycles. The van der Waals surface area contributed by atoms with E-state index in [0.717, 1.165) is 37.2 Å². The number of nitrogens with zero attached hydrogens (tertiary/aromatic N) is 1. The first kappa shape index (κ1) is 21.2. The van der Waals surface area contributed by atoms with Crippen molar-refractivity contribution >= 4 is 11.7 Å². The van der Waals surface area contributed by atoms with Gasteiger partial charge in [-0.1, -0.05) is 12.8 Å². The lowest BCUT2D eigenvalue weighted by Crippen LogP contribution is -2.34. The van der Waals surface area contributed by atoms with E-state index >= 15 is 0 Å². The minimum absolute atomic E-state index is 0.0303. The van der Waals surface area contributed by atoms with E-state index in [9.17, 15) is 4.79 Å². The standard InChI is InChI=1S/C25H35NO4/c1-4-29-23-14-19-18-8-6-7-9-21(18)26-24(20(19)15-22(23)28-3)16-10-12-17(13-11-16)25(27)30-5-2/h14-18,21H,4-13H2,1-3H3. The zero-order valence-corrected chi connectivity index (χ0v) is 18.6. The molecule has 2 unspecified atom stereocenters. The van der Waals surface area contributed by atoms with Crippen molar-refractivity contribution in [2.75, 3.05) is 20.3 Å². The molecule has 0 aromatic heterocycles. The van der Waals surface area contributed by atoms with Gasteiger partial charge in [0.1, 0.15) is 0 Å². The Labute approximate surface area is 180 Å². The summed E-state index contributed by atoms with van der Waals surface area (Å²) in [5, 5.41) is 0. The Kier molecular flexibility index (Phi) is 6.64. The summed E-state index contributed by atoms with van der Waals surface area (Å²) in [5.41, 5.74) is 3.87. The molecule has 2 aliphatic carbocycles. The highest BCUT2D eigenvalue weighted by atomic mass is 16.5. The second-order valence-electron chi connectivity index (χ2n) is 8.80. The molecule has 0 radical (unpaired) electrons. The second kappa shape index (κ2) is 9.40. The van der Waals surface area contributed by atoms with Crippen LogP contribution < -0.4 is 9.47 Å². The van der Waals surface area contributed by atoms with E-state index < -0.39 is 0 Å². The van der Waals surface area contributed by atoms with Gasteiger partial charge in [0.05, 0.1) is 32.3 Å². The van der Waals surface area contributed by atoms with Crippen molar-refractivity contribution in [3.05, 3.63) is 23.3 Å². The van der Waals surface area contributed by atoms with Crippen LogP contribution in [-0.4, -0.2) is 38.0 Å². The third-order valence-electron chi connectivity index (χ3n) is 7.08. The number of hydrogen-bond acceptors (Lipinski definition) is 5. The largest absolute Gasteiger partial charge is 0.493 e. The number of fused-ring (bicyclic) bond motifs is 3. The van der Waals surface area contributed by atoms with Crippen LogP contribution in [0.2, 0.25) is 0 Å². The van der Waals surface area contributed by atoms with Crippen LogP contribution in [0.4, 0.5) is 0 Å². The Bertz CT molecular complexity index is 795. The van der Waals surface area contributed by atoms with E-state index in [-0.39, 0.29) is 11.9 Å². The van der Waals surface area contributed by atoms with Crippen LogP contribution in [0.1, 0.15) is 82.3 Å². The number of benzene rings is 1. The molecule has 0 bridgehead atoms. The van der Waals surface area contributed by atoms with Gasteiger partial charge in [-0.2, -0.15) is 0 Å². The summed E-state index contributed by atoms with van der Waals surface area (Å²) in [6.07, 6.45) is 8.66. The summed E-state index contributed by atoms with van der Waals surface area (Å²) in [4.78, 5) is 17.5. The first-order valence-electron chi connectivity index (χ1n) is 11.8. The van der Waals surface area contributed by atoms with Gasteiger partial charge in [0.15, 0.2) is 11.5 Å². The molecule has 5 heteroatoms. The van der Waals surface area contributed by atoms with E-state index in [2.05, 4.69) is 12.1 Å². The highest BCUT2D eigenvalue weighted by molar-refractivity contribution is 6.05. The summed E-state index contributed by atoms with van der Waals surface area (Å²) in [6, 6.07) is 4.76. The monoisotopic (exact) mass is 413 g/mol. The topological polar surface area (TPSA) is 57.1 Å². The van der Waals surface area contributed by atoms with E-state index in [1.807, 2.05) is 13.8 Å². The summed E-state index contributed by atoms with van der Waals surface area (Å²) in [6.45, 7) is 4.98. The third-order valence-corrected chi connectivity index (χ3v) is 7.08. The lowest BCUT2D eigenvalue weighted by Gasteiger charge is -2.38. The van der Waals surface area contributed by atoms with Crippen LogP contribution in [0, 0.1) is 11.8 Å². The number of rotatable bonds is 6. The van der Waals surface area contributed by atoms with Gasteiger partial charge in [-0.25, -0.2) is 0 Å². The van der Waals surface area contributed by atoms with Crippen molar-refractivity contribution in [2.24, 2.45) is 16.8 Å². The fourth-order valence-electron chi connectivity index (χ4n) is 5.60. The fourth-order valence-corrected chi connectivity index (χ4v) is 5.60. The number of ether oxygens (including phenoxy) is 3. The number of aliphatic imine (C=N–C) groups is 1. The van der Waals surface area contributed by atoms with Crippen molar-refractivity contribution < 1.29 is 19.0 Å². The fraction of sp³-hybridized carbons (Fsp3) is 0.680. The quantitative estimate of drug-likeness (QED) is 0.595. The van der Waals surface area contributed by atoms with E-state index in [1.165, 1.54) is 42.5 Å². The first-order valence-corrected chi connectivity index (χ1v) is 11.8. The summed E-state index contributed by atoms with van der Waals surface area (Å²) >= 11 is 0. The molecule has 164 valence electrons. The molecule has 30 heavy (non-hydrogen) atoms. The molecular formula is C25H35NO4. The Morgan fingerprint density at radius 1 is 1.00 bits per heavy atom. The van der Waals surface area contributed by atoms with Gasteiger partial charge < -0.3 is 14.2 Å². The van der Waals surface area contributed by atoms with Crippen LogP contribution in [-0.2, 0) is 9.53 Å². The minimum Gasteiger partial charge on any atom is -0.493 e. The summed E-state index contributed by atoms with van der Waals surface area (Å²) in [7, 11) is 1.71. The Hall–Kier alpha value is -2.04. The molecule has 0 spiro atoms. The van der Waals surface area contributed by atoms with Gasteiger partial charge in [0.2, 0.25) is 0 Å². The molecule has 1 aliphatic heterocycles. The van der Waals surface area contributed by atoms with Gasteiger partial charge in [0, 0.05) is 23.1 Å². The van der Waals surface area contributed by atoms with E-state index in [0.29, 0.717) is 31.1 Å². The highest BCUT2D eigenvalue weighted by Gasteiger charge is 2.38. The molecule has 0 amide bonds. The molecule has 2 fully saturated rings. The van der Waals surface area contributed by atoms with Gasteiger partial charge in [-0.3, -0.25) is 9.79 Å². The maximum Gasteiger partial charge on any atom is 0.308 e. The average molecular weight is 414 g/mol. The maximum absolute atomic E-state index is 12.2. The van der Waals surface area contributed by atoms with Gasteiger partial charge in [-0.05, 0) is 70.1 Å². The average Bonchev–Trinajstić information content (AvgIpc) is 2.78. The van der Waals surface area contributed by atoms with Crippen molar-refractivity contribution in [3.8, 4) is 11.5 Å². The van der Waals surface area contributed by atoms with Crippen LogP contribution in [0.3, 0.4) is 0 Å². The number of hydrogen-bond donors (Lipinski definition) is 0. The van der Waals surface area contributed by atoms with Crippen molar-refractivity contribution in [1.82, 2.24) is 0 Å². The number of carbonyl (C=O) groups excluding carboxylic acids is 1.